The summed E-state index contributed by atoms with van der Waals surface area (Å²) in [4.78, 5) is 25.5. The van der Waals surface area contributed by atoms with E-state index in [1.165, 1.54) is 0 Å². The summed E-state index contributed by atoms with van der Waals surface area (Å²) in [6.45, 7) is 9.03. The fourth-order valence-corrected chi connectivity index (χ4v) is 2.13. The first kappa shape index (κ1) is 16.8. The fraction of sp³-hybridized carbons (Fsp3) is 0.857. The quantitative estimate of drug-likeness (QED) is 0.813. The lowest BCUT2D eigenvalue weighted by atomic mass is 10.0. The molecule has 1 heterocycles. The Hall–Kier alpha value is -1.30. The number of amides is 2. The lowest BCUT2D eigenvalue weighted by Gasteiger charge is -2.34. The molecule has 1 saturated heterocycles. The van der Waals surface area contributed by atoms with Gasteiger partial charge >= 0.3 is 6.09 Å². The van der Waals surface area contributed by atoms with E-state index in [0.717, 1.165) is 12.8 Å². The van der Waals surface area contributed by atoms with Gasteiger partial charge in [-0.1, -0.05) is 6.92 Å². The predicted octanol–water partition coefficient (Wildman–Crippen LogP) is 1.10. The second kappa shape index (κ2) is 6.92. The smallest absolute Gasteiger partial charge is 0.407 e. The van der Waals surface area contributed by atoms with Crippen LogP contribution in [0.5, 0.6) is 0 Å². The molecule has 6 heteroatoms. The van der Waals surface area contributed by atoms with E-state index in [1.54, 1.807) is 0 Å². The van der Waals surface area contributed by atoms with E-state index in [9.17, 15) is 9.59 Å². The lowest BCUT2D eigenvalue weighted by Crippen LogP contribution is -2.49. The topological polar surface area (TPSA) is 84.7 Å². The van der Waals surface area contributed by atoms with Crippen LogP contribution >= 0.6 is 0 Å². The number of carbonyl (C=O) groups excluding carboxylic acids is 2. The summed E-state index contributed by atoms with van der Waals surface area (Å²) >= 11 is 0. The number of alkyl carbamates (subject to hydrolysis) is 1. The largest absolute Gasteiger partial charge is 0.444 e. The molecule has 0 aliphatic carbocycles. The molecule has 0 aromatic rings. The zero-order valence-electron chi connectivity index (χ0n) is 12.9. The minimum Gasteiger partial charge on any atom is -0.444 e. The highest BCUT2D eigenvalue weighted by Gasteiger charge is 2.27. The number of carbonyl (C=O) groups is 2. The van der Waals surface area contributed by atoms with Crippen molar-refractivity contribution in [1.82, 2.24) is 10.2 Å². The van der Waals surface area contributed by atoms with Gasteiger partial charge in [0.1, 0.15) is 5.60 Å². The Morgan fingerprint density at radius 3 is 2.35 bits per heavy atom. The molecule has 0 spiro atoms. The molecular formula is C14H27N3O3. The van der Waals surface area contributed by atoms with E-state index in [1.807, 2.05) is 32.6 Å². The van der Waals surface area contributed by atoms with E-state index >= 15 is 0 Å². The predicted molar refractivity (Wildman–Crippen MR) is 77.2 cm³/mol. The van der Waals surface area contributed by atoms with Crippen LogP contribution < -0.4 is 11.1 Å². The molecule has 0 aromatic heterocycles. The Morgan fingerprint density at radius 1 is 1.35 bits per heavy atom. The third-order valence-electron chi connectivity index (χ3n) is 3.30. The van der Waals surface area contributed by atoms with Crippen molar-refractivity contribution in [2.75, 3.05) is 19.6 Å². The monoisotopic (exact) mass is 285 g/mol. The Kier molecular flexibility index (Phi) is 5.80. The standard InChI is InChI=1S/C14H27N3O3/c1-10(9-15)12(18)17-7-5-11(6-8-17)16-13(19)20-14(2,3)4/h10-11H,5-9,15H2,1-4H3,(H,16,19)/t10-/m1/s1. The van der Waals surface area contributed by atoms with Crippen LogP contribution in [0.15, 0.2) is 0 Å². The molecule has 0 bridgehead atoms. The molecule has 2 amide bonds. The Bertz CT molecular complexity index is 344. The SMILES string of the molecule is C[C@H](CN)C(=O)N1CCC(NC(=O)OC(C)(C)C)CC1. The van der Waals surface area contributed by atoms with Crippen LogP contribution in [0.2, 0.25) is 0 Å². The third-order valence-corrected chi connectivity index (χ3v) is 3.30. The maximum Gasteiger partial charge on any atom is 0.407 e. The van der Waals surface area contributed by atoms with Crippen molar-refractivity contribution in [3.8, 4) is 0 Å². The number of nitrogens with two attached hydrogens (primary N) is 1. The highest BCUT2D eigenvalue weighted by atomic mass is 16.6. The number of hydrogen-bond acceptors (Lipinski definition) is 4. The van der Waals surface area contributed by atoms with Crippen molar-refractivity contribution >= 4 is 12.0 Å². The molecule has 0 radical (unpaired) electrons. The van der Waals surface area contributed by atoms with E-state index in [0.29, 0.717) is 19.6 Å². The molecule has 1 atom stereocenters. The van der Waals surface area contributed by atoms with Gasteiger partial charge in [0.25, 0.3) is 0 Å². The van der Waals surface area contributed by atoms with Crippen molar-refractivity contribution in [3.05, 3.63) is 0 Å². The maximum atomic E-state index is 12.0. The molecule has 20 heavy (non-hydrogen) atoms. The molecule has 1 fully saturated rings. The summed E-state index contributed by atoms with van der Waals surface area (Å²) in [6, 6.07) is 0.0714. The molecule has 3 N–H and O–H groups in total. The van der Waals surface area contributed by atoms with Crippen molar-refractivity contribution in [1.29, 1.82) is 0 Å². The number of nitrogens with one attached hydrogen (secondary N) is 1. The van der Waals surface area contributed by atoms with Crippen molar-refractivity contribution in [2.45, 2.75) is 52.2 Å². The van der Waals surface area contributed by atoms with E-state index in [-0.39, 0.29) is 17.9 Å². The molecule has 0 aromatic carbocycles. The summed E-state index contributed by atoms with van der Waals surface area (Å²) in [5, 5.41) is 2.85. The zero-order chi connectivity index (χ0) is 15.3. The number of hydrogen-bond donors (Lipinski definition) is 2. The first-order chi connectivity index (χ1) is 9.23. The van der Waals surface area contributed by atoms with Gasteiger partial charge in [0.2, 0.25) is 5.91 Å². The average Bonchev–Trinajstić information content (AvgIpc) is 2.35. The van der Waals surface area contributed by atoms with Crippen LogP contribution in [0.25, 0.3) is 0 Å². The van der Waals surface area contributed by atoms with Crippen LogP contribution in [0.1, 0.15) is 40.5 Å². The molecule has 1 aliphatic heterocycles. The van der Waals surface area contributed by atoms with Gasteiger partial charge in [-0.3, -0.25) is 4.79 Å². The van der Waals surface area contributed by atoms with Gasteiger partial charge in [-0.2, -0.15) is 0 Å². The van der Waals surface area contributed by atoms with E-state index in [2.05, 4.69) is 5.32 Å². The highest BCUT2D eigenvalue weighted by Crippen LogP contribution is 2.14. The summed E-state index contributed by atoms with van der Waals surface area (Å²) in [5.41, 5.74) is 5.02. The molecule has 116 valence electrons. The van der Waals surface area contributed by atoms with Gasteiger partial charge in [0.15, 0.2) is 0 Å². The first-order valence-electron chi connectivity index (χ1n) is 7.21. The lowest BCUT2D eigenvalue weighted by molar-refractivity contribution is -0.135. The van der Waals surface area contributed by atoms with Gasteiger partial charge < -0.3 is 20.7 Å². The van der Waals surface area contributed by atoms with Crippen LogP contribution in [0.3, 0.4) is 0 Å². The van der Waals surface area contributed by atoms with Crippen molar-refractivity contribution < 1.29 is 14.3 Å². The summed E-state index contributed by atoms with van der Waals surface area (Å²) in [5.74, 6) is -0.0337. The van der Waals surface area contributed by atoms with E-state index in [4.69, 9.17) is 10.5 Å². The normalized spacial score (nSPS) is 18.6. The third kappa shape index (κ3) is 5.36. The summed E-state index contributed by atoms with van der Waals surface area (Å²) in [6.07, 6.45) is 1.11. The summed E-state index contributed by atoms with van der Waals surface area (Å²) in [7, 11) is 0. The Morgan fingerprint density at radius 2 is 1.90 bits per heavy atom. The highest BCUT2D eigenvalue weighted by molar-refractivity contribution is 5.78. The van der Waals surface area contributed by atoms with Crippen LogP contribution in [-0.2, 0) is 9.53 Å². The van der Waals surface area contributed by atoms with Gasteiger partial charge in [0, 0.05) is 31.6 Å². The zero-order valence-corrected chi connectivity index (χ0v) is 12.9. The number of piperidine rings is 1. The minimum atomic E-state index is -0.489. The molecule has 0 saturated carbocycles. The van der Waals surface area contributed by atoms with Gasteiger partial charge in [-0.25, -0.2) is 4.79 Å². The molecule has 6 nitrogen and oxygen atoms in total. The van der Waals surface area contributed by atoms with Crippen LogP contribution in [-0.4, -0.2) is 48.2 Å². The molecule has 0 unspecified atom stereocenters. The van der Waals surface area contributed by atoms with Gasteiger partial charge in [-0.15, -0.1) is 0 Å². The second-order valence-electron chi connectivity index (χ2n) is 6.38. The number of likely N-dealkylation sites (tertiary alicyclic amines) is 1. The van der Waals surface area contributed by atoms with Gasteiger partial charge in [-0.05, 0) is 33.6 Å². The van der Waals surface area contributed by atoms with Crippen LogP contribution in [0.4, 0.5) is 4.79 Å². The molecular weight excluding hydrogens is 258 g/mol. The Labute approximate surface area is 121 Å². The van der Waals surface area contributed by atoms with E-state index < -0.39 is 11.7 Å². The van der Waals surface area contributed by atoms with Gasteiger partial charge in [0.05, 0.1) is 0 Å². The van der Waals surface area contributed by atoms with Crippen LogP contribution in [0, 0.1) is 5.92 Å². The fourth-order valence-electron chi connectivity index (χ4n) is 2.13. The minimum absolute atomic E-state index is 0.0714. The summed E-state index contributed by atoms with van der Waals surface area (Å²) < 4.78 is 5.22. The average molecular weight is 285 g/mol. The number of rotatable bonds is 3. The first-order valence-corrected chi connectivity index (χ1v) is 7.21. The van der Waals surface area contributed by atoms with Crippen molar-refractivity contribution in [2.24, 2.45) is 11.7 Å². The van der Waals surface area contributed by atoms with Crippen molar-refractivity contribution in [3.63, 3.8) is 0 Å². The maximum absolute atomic E-state index is 12.0. The number of nitrogens with zero attached hydrogens (tertiary/aromatic N) is 1. The molecule has 1 aliphatic rings. The second-order valence-corrected chi connectivity index (χ2v) is 6.38. The Balaban J connectivity index is 2.36. The number of ether oxygens (including phenoxy) is 1. The molecule has 1 rings (SSSR count).